The Morgan fingerprint density at radius 1 is 1.08 bits per heavy atom. The highest BCUT2D eigenvalue weighted by molar-refractivity contribution is 5.53. The molecule has 0 radical (unpaired) electrons. The van der Waals surface area contributed by atoms with E-state index in [0.717, 1.165) is 23.6 Å². The zero-order valence-electron chi connectivity index (χ0n) is 14.6. The van der Waals surface area contributed by atoms with Gasteiger partial charge in [-0.05, 0) is 66.9 Å². The summed E-state index contributed by atoms with van der Waals surface area (Å²) in [7, 11) is 0. The molecule has 0 saturated carbocycles. The molecule has 0 amide bonds. The largest absolute Gasteiger partial charge is 0.373 e. The van der Waals surface area contributed by atoms with Gasteiger partial charge in [0.1, 0.15) is 0 Å². The normalized spacial score (nSPS) is 13.5. The summed E-state index contributed by atoms with van der Waals surface area (Å²) < 4.78 is 1.82. The van der Waals surface area contributed by atoms with Crippen molar-refractivity contribution >= 4 is 5.69 Å². The Hall–Kier alpha value is -2.69. The van der Waals surface area contributed by atoms with Crippen molar-refractivity contribution in [2.24, 2.45) is 0 Å². The number of anilines is 1. The van der Waals surface area contributed by atoms with Gasteiger partial charge in [-0.25, -0.2) is 0 Å². The molecule has 3 aromatic rings. The summed E-state index contributed by atoms with van der Waals surface area (Å²) in [6.07, 6.45) is 0.855. The number of tetrazole rings is 1. The summed E-state index contributed by atoms with van der Waals surface area (Å²) in [6.45, 7) is 8.44. The van der Waals surface area contributed by atoms with Crippen molar-refractivity contribution in [3.05, 3.63) is 65.5 Å². The van der Waals surface area contributed by atoms with E-state index in [1.54, 1.807) is 0 Å². The number of rotatable bonds is 5. The molecular formula is C19H23N5. The summed E-state index contributed by atoms with van der Waals surface area (Å²) in [4.78, 5) is 0. The number of aromatic nitrogens is 4. The number of aryl methyl sites for hydroxylation is 2. The topological polar surface area (TPSA) is 55.6 Å². The molecule has 1 aromatic heterocycles. The number of hydrogen-bond donors (Lipinski definition) is 1. The maximum absolute atomic E-state index is 4.33. The molecule has 1 atom stereocenters. The molecule has 5 nitrogen and oxygen atoms in total. The first-order chi connectivity index (χ1) is 11.5. The Labute approximate surface area is 142 Å². The van der Waals surface area contributed by atoms with Gasteiger partial charge >= 0.3 is 0 Å². The first-order valence-electron chi connectivity index (χ1n) is 8.23. The van der Waals surface area contributed by atoms with Crippen LogP contribution in [0.4, 0.5) is 5.69 Å². The molecule has 0 saturated heterocycles. The first-order valence-corrected chi connectivity index (χ1v) is 8.23. The fourth-order valence-corrected chi connectivity index (χ4v) is 2.78. The first kappa shape index (κ1) is 16.2. The van der Waals surface area contributed by atoms with Crippen molar-refractivity contribution in [3.63, 3.8) is 0 Å². The number of nitrogens with one attached hydrogen (secondary N) is 1. The van der Waals surface area contributed by atoms with E-state index in [9.17, 15) is 0 Å². The molecule has 0 aliphatic heterocycles. The Kier molecular flexibility index (Phi) is 4.34. The zero-order chi connectivity index (χ0) is 17.2. The lowest BCUT2D eigenvalue weighted by molar-refractivity contribution is 0.474. The van der Waals surface area contributed by atoms with Gasteiger partial charge in [0.05, 0.1) is 11.2 Å². The minimum Gasteiger partial charge on any atom is -0.373 e. The van der Waals surface area contributed by atoms with Gasteiger partial charge in [-0.2, -0.15) is 4.68 Å². The maximum atomic E-state index is 4.33. The van der Waals surface area contributed by atoms with Crippen LogP contribution in [0.15, 0.2) is 48.5 Å². The molecule has 0 bridgehead atoms. The summed E-state index contributed by atoms with van der Waals surface area (Å²) in [5, 5.41) is 16.1. The van der Waals surface area contributed by atoms with E-state index in [1.807, 2.05) is 28.9 Å². The highest BCUT2D eigenvalue weighted by Crippen LogP contribution is 2.30. The van der Waals surface area contributed by atoms with Gasteiger partial charge < -0.3 is 5.32 Å². The van der Waals surface area contributed by atoms with Crippen LogP contribution in [-0.4, -0.2) is 20.2 Å². The molecule has 2 aromatic carbocycles. The molecule has 1 heterocycles. The average molecular weight is 321 g/mol. The van der Waals surface area contributed by atoms with Crippen molar-refractivity contribution in [2.45, 2.75) is 39.7 Å². The smallest absolute Gasteiger partial charge is 0.181 e. The van der Waals surface area contributed by atoms with Crippen molar-refractivity contribution in [1.29, 1.82) is 0 Å². The van der Waals surface area contributed by atoms with Crippen LogP contribution in [0.2, 0.25) is 0 Å². The van der Waals surface area contributed by atoms with Crippen LogP contribution >= 0.6 is 0 Å². The van der Waals surface area contributed by atoms with E-state index in [1.165, 1.54) is 11.1 Å². The van der Waals surface area contributed by atoms with Crippen LogP contribution in [0, 0.1) is 13.8 Å². The molecule has 24 heavy (non-hydrogen) atoms. The monoisotopic (exact) mass is 321 g/mol. The molecule has 1 N–H and O–H groups in total. The fraction of sp³-hybridized carbons (Fsp3) is 0.316. The summed E-state index contributed by atoms with van der Waals surface area (Å²) in [6, 6.07) is 16.5. The van der Waals surface area contributed by atoms with Crippen molar-refractivity contribution in [1.82, 2.24) is 20.2 Å². The number of benzene rings is 2. The minimum absolute atomic E-state index is 0.376. The molecule has 5 heteroatoms. The fourth-order valence-electron chi connectivity index (χ4n) is 2.78. The highest BCUT2D eigenvalue weighted by atomic mass is 15.6. The van der Waals surface area contributed by atoms with Crippen LogP contribution in [0.1, 0.15) is 37.2 Å². The molecule has 0 fully saturated rings. The van der Waals surface area contributed by atoms with Gasteiger partial charge in [0, 0.05) is 5.69 Å². The van der Waals surface area contributed by atoms with Crippen molar-refractivity contribution < 1.29 is 0 Å². The lowest BCUT2D eigenvalue weighted by Gasteiger charge is -2.30. The molecule has 0 spiro atoms. The second-order valence-electron chi connectivity index (χ2n) is 6.38. The lowest BCUT2D eigenvalue weighted by atomic mass is 9.96. The lowest BCUT2D eigenvalue weighted by Crippen LogP contribution is -2.34. The van der Waals surface area contributed by atoms with Crippen LogP contribution < -0.4 is 5.32 Å². The van der Waals surface area contributed by atoms with E-state index >= 15 is 0 Å². The zero-order valence-corrected chi connectivity index (χ0v) is 14.6. The second-order valence-corrected chi connectivity index (χ2v) is 6.38. The Bertz CT molecular complexity index is 839. The summed E-state index contributed by atoms with van der Waals surface area (Å²) in [5.74, 6) is 0.804. The molecule has 3 rings (SSSR count). The molecule has 0 aliphatic rings. The Balaban J connectivity index is 2.03. The maximum Gasteiger partial charge on any atom is 0.181 e. The van der Waals surface area contributed by atoms with Gasteiger partial charge in [0.25, 0.3) is 0 Å². The summed E-state index contributed by atoms with van der Waals surface area (Å²) in [5.41, 5.74) is 4.08. The Morgan fingerprint density at radius 3 is 2.58 bits per heavy atom. The van der Waals surface area contributed by atoms with Gasteiger partial charge in [-0.3, -0.25) is 0 Å². The van der Waals surface area contributed by atoms with Crippen LogP contribution in [-0.2, 0) is 5.54 Å². The molecule has 0 aliphatic carbocycles. The predicted octanol–water partition coefficient (Wildman–Crippen LogP) is 4.02. The molecule has 124 valence electrons. The quantitative estimate of drug-likeness (QED) is 0.771. The van der Waals surface area contributed by atoms with Gasteiger partial charge in [-0.15, -0.1) is 5.10 Å². The Morgan fingerprint density at radius 2 is 1.88 bits per heavy atom. The third-order valence-corrected chi connectivity index (χ3v) is 4.47. The number of para-hydroxylation sites is 1. The average Bonchev–Trinajstić information content (AvgIpc) is 3.07. The summed E-state index contributed by atoms with van der Waals surface area (Å²) >= 11 is 0. The highest BCUT2D eigenvalue weighted by Gasteiger charge is 2.31. The third-order valence-electron chi connectivity index (χ3n) is 4.47. The molecular weight excluding hydrogens is 298 g/mol. The number of hydrogen-bond acceptors (Lipinski definition) is 4. The van der Waals surface area contributed by atoms with Crippen LogP contribution in [0.5, 0.6) is 0 Å². The van der Waals surface area contributed by atoms with Gasteiger partial charge in [0.2, 0.25) is 0 Å². The SMILES string of the molecule is CC[C@](C)(Nc1ccccc1C)c1nnnn1-c1cccc(C)c1. The minimum atomic E-state index is -0.376. The van der Waals surface area contributed by atoms with Crippen molar-refractivity contribution in [3.8, 4) is 5.69 Å². The van der Waals surface area contributed by atoms with E-state index in [0.29, 0.717) is 0 Å². The van der Waals surface area contributed by atoms with E-state index in [2.05, 4.69) is 72.8 Å². The van der Waals surface area contributed by atoms with Crippen LogP contribution in [0.3, 0.4) is 0 Å². The van der Waals surface area contributed by atoms with E-state index in [4.69, 9.17) is 0 Å². The van der Waals surface area contributed by atoms with Gasteiger partial charge in [-0.1, -0.05) is 37.3 Å². The third kappa shape index (κ3) is 3.02. The van der Waals surface area contributed by atoms with Gasteiger partial charge in [0.15, 0.2) is 5.82 Å². The van der Waals surface area contributed by atoms with Crippen LogP contribution in [0.25, 0.3) is 5.69 Å². The standard InChI is InChI=1S/C19H23N5/c1-5-19(4,20-17-12-7-6-10-15(17)3)18-21-22-23-24(18)16-11-8-9-14(2)13-16/h6-13,20H,5H2,1-4H3/t19-/m0/s1. The van der Waals surface area contributed by atoms with E-state index in [-0.39, 0.29) is 5.54 Å². The van der Waals surface area contributed by atoms with Crippen molar-refractivity contribution in [2.75, 3.05) is 5.32 Å². The van der Waals surface area contributed by atoms with E-state index < -0.39 is 0 Å². The number of nitrogens with zero attached hydrogens (tertiary/aromatic N) is 4. The predicted molar refractivity (Wildman–Crippen MR) is 96.3 cm³/mol. The molecule has 0 unspecified atom stereocenters. The second kappa shape index (κ2) is 6.43.